The van der Waals surface area contributed by atoms with Gasteiger partial charge in [-0.3, -0.25) is 4.79 Å². The Labute approximate surface area is 162 Å². The molecule has 3 aromatic rings. The maximum Gasteiger partial charge on any atom is 0.277 e. The molecule has 1 aromatic carbocycles. The number of rotatable bonds is 7. The molecule has 1 N–H and O–H groups in total. The van der Waals surface area contributed by atoms with Gasteiger partial charge in [-0.05, 0) is 24.3 Å². The fourth-order valence-corrected chi connectivity index (χ4v) is 3.54. The van der Waals surface area contributed by atoms with E-state index in [0.717, 1.165) is 16.6 Å². The molecule has 0 atom stereocenters. The summed E-state index contributed by atoms with van der Waals surface area (Å²) in [4.78, 5) is 12.9. The standard InChI is InChI=1S/C16H14ClN3O4S2/c1-22-9-3-4-10(11(7-9)23-2)18-14(21)8-25-16-20-19-15(24-16)12-5-6-13(17)26-12/h3-7H,8H2,1-2H3,(H,18,21). The number of amides is 1. The number of thioether (sulfide) groups is 1. The maximum absolute atomic E-state index is 12.2. The third-order valence-electron chi connectivity index (χ3n) is 3.20. The third kappa shape index (κ3) is 4.48. The molecule has 0 spiro atoms. The van der Waals surface area contributed by atoms with E-state index in [4.69, 9.17) is 25.5 Å². The van der Waals surface area contributed by atoms with E-state index in [1.54, 1.807) is 37.4 Å². The van der Waals surface area contributed by atoms with Gasteiger partial charge in [-0.2, -0.15) is 0 Å². The summed E-state index contributed by atoms with van der Waals surface area (Å²) in [6.45, 7) is 0. The van der Waals surface area contributed by atoms with Gasteiger partial charge in [0.1, 0.15) is 11.5 Å². The molecule has 0 aliphatic rings. The maximum atomic E-state index is 12.2. The Kier molecular flexibility index (Phi) is 6.02. The number of carbonyl (C=O) groups excluding carboxylic acids is 1. The van der Waals surface area contributed by atoms with Crippen LogP contribution in [0.5, 0.6) is 11.5 Å². The molecular formula is C16H14ClN3O4S2. The highest BCUT2D eigenvalue weighted by Crippen LogP contribution is 2.32. The van der Waals surface area contributed by atoms with Crippen molar-refractivity contribution in [1.82, 2.24) is 10.2 Å². The number of halogens is 1. The summed E-state index contributed by atoms with van der Waals surface area (Å²) in [7, 11) is 3.09. The molecule has 10 heteroatoms. The molecule has 26 heavy (non-hydrogen) atoms. The van der Waals surface area contributed by atoms with Gasteiger partial charge < -0.3 is 19.2 Å². The molecule has 0 fully saturated rings. The van der Waals surface area contributed by atoms with E-state index in [9.17, 15) is 4.79 Å². The molecule has 0 unspecified atom stereocenters. The predicted molar refractivity (Wildman–Crippen MR) is 102 cm³/mol. The lowest BCUT2D eigenvalue weighted by atomic mass is 10.2. The number of nitrogens with zero attached hydrogens (tertiary/aromatic N) is 2. The minimum atomic E-state index is -0.225. The number of ether oxygens (including phenoxy) is 2. The Hall–Kier alpha value is -2.23. The highest BCUT2D eigenvalue weighted by molar-refractivity contribution is 7.99. The van der Waals surface area contributed by atoms with Gasteiger partial charge in [-0.1, -0.05) is 23.4 Å². The molecule has 2 heterocycles. The van der Waals surface area contributed by atoms with Crippen LogP contribution in [0.2, 0.25) is 4.34 Å². The van der Waals surface area contributed by atoms with Gasteiger partial charge in [0.2, 0.25) is 5.91 Å². The topological polar surface area (TPSA) is 86.5 Å². The largest absolute Gasteiger partial charge is 0.497 e. The lowest BCUT2D eigenvalue weighted by molar-refractivity contribution is -0.113. The van der Waals surface area contributed by atoms with Crippen molar-refractivity contribution in [1.29, 1.82) is 0 Å². The summed E-state index contributed by atoms with van der Waals surface area (Å²) >= 11 is 8.38. The van der Waals surface area contributed by atoms with E-state index in [1.165, 1.54) is 18.4 Å². The molecule has 0 aliphatic carbocycles. The summed E-state index contributed by atoms with van der Waals surface area (Å²) in [5, 5.41) is 11.0. The Bertz CT molecular complexity index is 913. The van der Waals surface area contributed by atoms with Crippen molar-refractivity contribution in [2.75, 3.05) is 25.3 Å². The van der Waals surface area contributed by atoms with Crippen LogP contribution in [-0.4, -0.2) is 36.1 Å². The fraction of sp³-hybridized carbons (Fsp3) is 0.188. The number of thiophene rings is 1. The molecule has 3 rings (SSSR count). The van der Waals surface area contributed by atoms with Crippen LogP contribution >= 0.6 is 34.7 Å². The van der Waals surface area contributed by atoms with E-state index >= 15 is 0 Å². The Morgan fingerprint density at radius 2 is 2.12 bits per heavy atom. The third-order valence-corrected chi connectivity index (χ3v) is 5.24. The second-order valence-electron chi connectivity index (χ2n) is 4.88. The highest BCUT2D eigenvalue weighted by Gasteiger charge is 2.14. The molecule has 1 amide bonds. The van der Waals surface area contributed by atoms with Crippen LogP contribution in [0.15, 0.2) is 40.0 Å². The smallest absolute Gasteiger partial charge is 0.277 e. The highest BCUT2D eigenvalue weighted by atomic mass is 35.5. The number of hydrogen-bond donors (Lipinski definition) is 1. The number of benzene rings is 1. The van der Waals surface area contributed by atoms with Gasteiger partial charge in [0.25, 0.3) is 11.1 Å². The van der Waals surface area contributed by atoms with Crippen LogP contribution in [0.1, 0.15) is 0 Å². The van der Waals surface area contributed by atoms with Gasteiger partial charge in [0.05, 0.1) is 34.9 Å². The van der Waals surface area contributed by atoms with Gasteiger partial charge in [0.15, 0.2) is 0 Å². The number of anilines is 1. The lowest BCUT2D eigenvalue weighted by Gasteiger charge is -2.11. The Balaban J connectivity index is 1.59. The first-order valence-electron chi connectivity index (χ1n) is 7.33. The van der Waals surface area contributed by atoms with Crippen molar-refractivity contribution >= 4 is 46.3 Å². The minimum Gasteiger partial charge on any atom is -0.497 e. The first-order valence-corrected chi connectivity index (χ1v) is 9.51. The molecule has 2 aromatic heterocycles. The lowest BCUT2D eigenvalue weighted by Crippen LogP contribution is -2.14. The minimum absolute atomic E-state index is 0.113. The van der Waals surface area contributed by atoms with Crippen molar-refractivity contribution in [2.24, 2.45) is 0 Å². The van der Waals surface area contributed by atoms with Crippen LogP contribution in [0.4, 0.5) is 5.69 Å². The second kappa shape index (κ2) is 8.43. The molecule has 0 bridgehead atoms. The average Bonchev–Trinajstić information content (AvgIpc) is 3.29. The number of hydrogen-bond acceptors (Lipinski definition) is 8. The van der Waals surface area contributed by atoms with Gasteiger partial charge in [-0.15, -0.1) is 21.5 Å². The summed E-state index contributed by atoms with van der Waals surface area (Å²) in [6, 6.07) is 8.71. The Morgan fingerprint density at radius 1 is 1.27 bits per heavy atom. The zero-order valence-corrected chi connectivity index (χ0v) is 16.2. The molecule has 136 valence electrons. The van der Waals surface area contributed by atoms with Crippen molar-refractivity contribution in [3.05, 3.63) is 34.7 Å². The van der Waals surface area contributed by atoms with E-state index in [2.05, 4.69) is 15.5 Å². The predicted octanol–water partition coefficient (Wildman–Crippen LogP) is 4.20. The first kappa shape index (κ1) is 18.6. The summed E-state index contributed by atoms with van der Waals surface area (Å²) in [5.41, 5.74) is 0.554. The summed E-state index contributed by atoms with van der Waals surface area (Å²) in [5.74, 6) is 1.42. The van der Waals surface area contributed by atoms with Crippen molar-refractivity contribution < 1.29 is 18.7 Å². The van der Waals surface area contributed by atoms with Crippen molar-refractivity contribution in [3.8, 4) is 22.3 Å². The van der Waals surface area contributed by atoms with E-state index < -0.39 is 0 Å². The zero-order valence-electron chi connectivity index (χ0n) is 13.8. The number of aromatic nitrogens is 2. The second-order valence-corrected chi connectivity index (χ2v) is 7.52. The van der Waals surface area contributed by atoms with Crippen LogP contribution in [0.25, 0.3) is 10.8 Å². The monoisotopic (exact) mass is 411 g/mol. The number of carbonyl (C=O) groups is 1. The van der Waals surface area contributed by atoms with Crippen LogP contribution in [0, 0.1) is 0 Å². The molecular weight excluding hydrogens is 398 g/mol. The quantitative estimate of drug-likeness (QED) is 0.583. The number of methoxy groups -OCH3 is 2. The number of nitrogens with one attached hydrogen (secondary N) is 1. The fourth-order valence-electron chi connectivity index (χ4n) is 2.01. The first-order chi connectivity index (χ1) is 12.6. The van der Waals surface area contributed by atoms with Gasteiger partial charge >= 0.3 is 0 Å². The normalized spacial score (nSPS) is 10.6. The SMILES string of the molecule is COc1ccc(NC(=O)CSc2nnc(-c3ccc(Cl)s3)o2)c(OC)c1. The average molecular weight is 412 g/mol. The van der Waals surface area contributed by atoms with E-state index in [0.29, 0.717) is 32.6 Å². The molecule has 0 aliphatic heterocycles. The van der Waals surface area contributed by atoms with Crippen molar-refractivity contribution in [2.45, 2.75) is 5.22 Å². The van der Waals surface area contributed by atoms with Crippen LogP contribution < -0.4 is 14.8 Å². The van der Waals surface area contributed by atoms with Gasteiger partial charge in [0, 0.05) is 6.07 Å². The van der Waals surface area contributed by atoms with Crippen LogP contribution in [0.3, 0.4) is 0 Å². The zero-order chi connectivity index (χ0) is 18.5. The molecule has 0 radical (unpaired) electrons. The van der Waals surface area contributed by atoms with E-state index in [1.807, 2.05) is 0 Å². The molecule has 0 saturated heterocycles. The molecule has 7 nitrogen and oxygen atoms in total. The summed E-state index contributed by atoms with van der Waals surface area (Å²) < 4.78 is 16.6. The van der Waals surface area contributed by atoms with Crippen LogP contribution in [-0.2, 0) is 4.79 Å². The van der Waals surface area contributed by atoms with Gasteiger partial charge in [-0.25, -0.2) is 0 Å². The molecule has 0 saturated carbocycles. The van der Waals surface area contributed by atoms with E-state index in [-0.39, 0.29) is 11.7 Å². The van der Waals surface area contributed by atoms with Crippen molar-refractivity contribution in [3.63, 3.8) is 0 Å². The Morgan fingerprint density at radius 3 is 2.81 bits per heavy atom. The summed E-state index contributed by atoms with van der Waals surface area (Å²) in [6.07, 6.45) is 0.